The largest absolute Gasteiger partial charge is 0.322 e. The van der Waals surface area contributed by atoms with E-state index in [1.807, 2.05) is 11.8 Å². The molecule has 0 aliphatic carbocycles. The minimum Gasteiger partial charge on any atom is -0.322 e. The normalized spacial score (nSPS) is 23.2. The van der Waals surface area contributed by atoms with Crippen LogP contribution < -0.4 is 5.32 Å². The van der Waals surface area contributed by atoms with Crippen molar-refractivity contribution in [1.82, 2.24) is 10.2 Å². The van der Waals surface area contributed by atoms with Crippen molar-refractivity contribution in [2.24, 2.45) is 0 Å². The first kappa shape index (κ1) is 14.1. The van der Waals surface area contributed by atoms with Gasteiger partial charge < -0.3 is 4.90 Å². The van der Waals surface area contributed by atoms with E-state index in [1.54, 1.807) is 0 Å². The second kappa shape index (κ2) is 5.74. The highest BCUT2D eigenvalue weighted by Crippen LogP contribution is 2.28. The number of benzene rings is 1. The Morgan fingerprint density at radius 1 is 1.32 bits per heavy atom. The van der Waals surface area contributed by atoms with Gasteiger partial charge in [0.2, 0.25) is 5.91 Å². The van der Waals surface area contributed by atoms with E-state index in [1.165, 1.54) is 16.7 Å². The highest BCUT2D eigenvalue weighted by Gasteiger charge is 2.37. The van der Waals surface area contributed by atoms with E-state index >= 15 is 0 Å². The molecule has 1 aromatic rings. The second-order valence-electron chi connectivity index (χ2n) is 5.54. The predicted molar refractivity (Wildman–Crippen MR) is 77.9 cm³/mol. The third-order valence-corrected chi connectivity index (χ3v) is 3.85. The third-order valence-electron chi connectivity index (χ3n) is 3.85. The molecule has 1 heterocycles. The van der Waals surface area contributed by atoms with E-state index < -0.39 is 0 Å². The Kier molecular flexibility index (Phi) is 4.25. The molecule has 2 unspecified atom stereocenters. The maximum Gasteiger partial charge on any atom is 0.241 e. The zero-order chi connectivity index (χ0) is 14.0. The van der Waals surface area contributed by atoms with Crippen LogP contribution in [-0.4, -0.2) is 23.4 Å². The molecule has 1 N–H and O–H groups in total. The first-order valence-corrected chi connectivity index (χ1v) is 7.18. The molecule has 19 heavy (non-hydrogen) atoms. The van der Waals surface area contributed by atoms with E-state index in [4.69, 9.17) is 0 Å². The summed E-state index contributed by atoms with van der Waals surface area (Å²) in [7, 11) is 0. The lowest BCUT2D eigenvalue weighted by atomic mass is 10.0. The summed E-state index contributed by atoms with van der Waals surface area (Å²) >= 11 is 0. The lowest BCUT2D eigenvalue weighted by molar-refractivity contribution is -0.129. The number of nitrogens with zero attached hydrogens (tertiary/aromatic N) is 1. The molecular formula is C16H24N2O. The van der Waals surface area contributed by atoms with E-state index in [0.29, 0.717) is 0 Å². The van der Waals surface area contributed by atoms with Crippen LogP contribution in [0, 0.1) is 13.8 Å². The van der Waals surface area contributed by atoms with Gasteiger partial charge in [-0.2, -0.15) is 0 Å². The number of unbranched alkanes of at least 4 members (excludes halogenated alkanes) is 1. The maximum atomic E-state index is 12.3. The molecule has 1 saturated heterocycles. The van der Waals surface area contributed by atoms with Crippen LogP contribution in [-0.2, 0) is 4.79 Å². The Morgan fingerprint density at radius 3 is 2.74 bits per heavy atom. The van der Waals surface area contributed by atoms with Crippen LogP contribution in [0.5, 0.6) is 0 Å². The summed E-state index contributed by atoms with van der Waals surface area (Å²) < 4.78 is 0. The minimum atomic E-state index is -0.0817. The van der Waals surface area contributed by atoms with Gasteiger partial charge in [-0.1, -0.05) is 37.1 Å². The van der Waals surface area contributed by atoms with Gasteiger partial charge in [-0.05, 0) is 38.3 Å². The van der Waals surface area contributed by atoms with Crippen LogP contribution in [0.4, 0.5) is 0 Å². The molecule has 2 rings (SSSR count). The van der Waals surface area contributed by atoms with Crippen molar-refractivity contribution >= 4 is 5.91 Å². The van der Waals surface area contributed by atoms with Gasteiger partial charge in [0.05, 0.1) is 6.04 Å². The van der Waals surface area contributed by atoms with Crippen LogP contribution in [0.3, 0.4) is 0 Å². The van der Waals surface area contributed by atoms with Gasteiger partial charge in [0.15, 0.2) is 0 Å². The van der Waals surface area contributed by atoms with Crippen molar-refractivity contribution in [3.8, 4) is 0 Å². The minimum absolute atomic E-state index is 0.0361. The third kappa shape index (κ3) is 2.81. The molecule has 0 bridgehead atoms. The van der Waals surface area contributed by atoms with Crippen LogP contribution in [0.1, 0.15) is 49.5 Å². The van der Waals surface area contributed by atoms with Crippen molar-refractivity contribution in [3.63, 3.8) is 0 Å². The van der Waals surface area contributed by atoms with E-state index in [2.05, 4.69) is 44.3 Å². The molecule has 3 nitrogen and oxygen atoms in total. The number of hydrogen-bond acceptors (Lipinski definition) is 2. The Labute approximate surface area is 116 Å². The van der Waals surface area contributed by atoms with Crippen molar-refractivity contribution in [1.29, 1.82) is 0 Å². The van der Waals surface area contributed by atoms with Crippen LogP contribution in [0.15, 0.2) is 18.2 Å². The summed E-state index contributed by atoms with van der Waals surface area (Å²) in [5.41, 5.74) is 3.71. The Bertz CT molecular complexity index is 470. The molecule has 104 valence electrons. The molecule has 0 aromatic heterocycles. The molecule has 0 saturated carbocycles. The first-order valence-electron chi connectivity index (χ1n) is 7.18. The number of amides is 1. The monoisotopic (exact) mass is 260 g/mol. The van der Waals surface area contributed by atoms with Crippen molar-refractivity contribution in [2.45, 2.75) is 52.7 Å². The van der Waals surface area contributed by atoms with Gasteiger partial charge in [-0.25, -0.2) is 0 Å². The van der Waals surface area contributed by atoms with Crippen molar-refractivity contribution in [3.05, 3.63) is 34.9 Å². The zero-order valence-electron chi connectivity index (χ0n) is 12.4. The Hall–Kier alpha value is -1.35. The van der Waals surface area contributed by atoms with Crippen molar-refractivity contribution < 1.29 is 4.79 Å². The zero-order valence-corrected chi connectivity index (χ0v) is 12.4. The Morgan fingerprint density at radius 2 is 2.05 bits per heavy atom. The molecule has 0 spiro atoms. The van der Waals surface area contributed by atoms with Gasteiger partial charge in [0, 0.05) is 6.54 Å². The van der Waals surface area contributed by atoms with Crippen molar-refractivity contribution in [2.75, 3.05) is 6.54 Å². The van der Waals surface area contributed by atoms with Gasteiger partial charge in [-0.15, -0.1) is 0 Å². The fraction of sp³-hybridized carbons (Fsp3) is 0.562. The summed E-state index contributed by atoms with van der Waals surface area (Å²) in [6, 6.07) is 6.37. The fourth-order valence-electron chi connectivity index (χ4n) is 2.65. The van der Waals surface area contributed by atoms with Crippen LogP contribution >= 0.6 is 0 Å². The molecule has 1 fully saturated rings. The van der Waals surface area contributed by atoms with Gasteiger partial charge in [0.1, 0.15) is 6.17 Å². The quantitative estimate of drug-likeness (QED) is 0.902. The highest BCUT2D eigenvalue weighted by molar-refractivity contribution is 5.84. The number of nitrogens with one attached hydrogen (secondary N) is 1. The lowest BCUT2D eigenvalue weighted by Crippen LogP contribution is -2.31. The average molecular weight is 260 g/mol. The average Bonchev–Trinajstić information content (AvgIpc) is 2.66. The fourth-order valence-corrected chi connectivity index (χ4v) is 2.65. The van der Waals surface area contributed by atoms with Gasteiger partial charge in [-0.3, -0.25) is 10.1 Å². The SMILES string of the molecule is CCCCN1C(=O)C(C)NC1c1cc(C)ccc1C. The lowest BCUT2D eigenvalue weighted by Gasteiger charge is -2.26. The van der Waals surface area contributed by atoms with Gasteiger partial charge >= 0.3 is 0 Å². The predicted octanol–water partition coefficient (Wildman–Crippen LogP) is 2.92. The smallest absolute Gasteiger partial charge is 0.241 e. The Balaban J connectivity index is 2.30. The summed E-state index contributed by atoms with van der Waals surface area (Å²) in [5.74, 6) is 0.222. The number of hydrogen-bond donors (Lipinski definition) is 1. The van der Waals surface area contributed by atoms with E-state index in [9.17, 15) is 4.79 Å². The molecular weight excluding hydrogens is 236 g/mol. The van der Waals surface area contributed by atoms with E-state index in [0.717, 1.165) is 19.4 Å². The van der Waals surface area contributed by atoms with E-state index in [-0.39, 0.29) is 18.1 Å². The number of rotatable bonds is 4. The van der Waals surface area contributed by atoms with Gasteiger partial charge in [0.25, 0.3) is 0 Å². The molecule has 1 aromatic carbocycles. The molecule has 1 amide bonds. The summed E-state index contributed by atoms with van der Waals surface area (Å²) in [6.07, 6.45) is 2.20. The number of carbonyl (C=O) groups excluding carboxylic acids is 1. The number of carbonyl (C=O) groups is 1. The molecule has 3 heteroatoms. The highest BCUT2D eigenvalue weighted by atomic mass is 16.2. The standard InChI is InChI=1S/C16H24N2O/c1-5-6-9-18-15(17-13(4)16(18)19)14-10-11(2)7-8-12(14)3/h7-8,10,13,15,17H,5-6,9H2,1-4H3. The number of aryl methyl sites for hydroxylation is 2. The molecule has 1 aliphatic rings. The first-order chi connectivity index (χ1) is 9.04. The molecule has 2 atom stereocenters. The topological polar surface area (TPSA) is 32.3 Å². The summed E-state index contributed by atoms with van der Waals surface area (Å²) in [4.78, 5) is 14.3. The second-order valence-corrected chi connectivity index (χ2v) is 5.54. The maximum absolute atomic E-state index is 12.3. The van der Waals surface area contributed by atoms with Crippen LogP contribution in [0.2, 0.25) is 0 Å². The summed E-state index contributed by atoms with van der Waals surface area (Å²) in [5, 5.41) is 3.42. The summed E-state index contributed by atoms with van der Waals surface area (Å²) in [6.45, 7) is 9.16. The van der Waals surface area contributed by atoms with Crippen LogP contribution in [0.25, 0.3) is 0 Å². The molecule has 0 radical (unpaired) electrons. The molecule has 1 aliphatic heterocycles.